The smallest absolute Gasteiger partial charge is 0.748 e. The predicted octanol–water partition coefficient (Wildman–Crippen LogP) is -1.08. The first kappa shape index (κ1) is 19.1. The zero-order valence-corrected chi connectivity index (χ0v) is 16.4. The van der Waals surface area contributed by atoms with Gasteiger partial charge in [0.1, 0.15) is 6.54 Å². The monoisotopic (exact) mass is 353 g/mol. The molecule has 0 saturated heterocycles. The van der Waals surface area contributed by atoms with Gasteiger partial charge in [-0.1, -0.05) is 42.5 Å². The summed E-state index contributed by atoms with van der Waals surface area (Å²) in [5, 5.41) is 0. The molecule has 0 fully saturated rings. The van der Waals surface area contributed by atoms with Crippen LogP contribution >= 0.6 is 0 Å². The Morgan fingerprint density at radius 1 is 1.00 bits per heavy atom. The molecule has 0 aliphatic rings. The number of benzene rings is 2. The van der Waals surface area contributed by atoms with Crippen molar-refractivity contribution in [3.8, 4) is 0 Å². The Labute approximate surface area is 164 Å². The van der Waals surface area contributed by atoms with Crippen LogP contribution < -0.4 is 34.1 Å². The van der Waals surface area contributed by atoms with Crippen LogP contribution in [0.3, 0.4) is 0 Å². The van der Waals surface area contributed by atoms with E-state index in [-0.39, 0.29) is 35.3 Å². The molecule has 0 spiro atoms. The van der Waals surface area contributed by atoms with Gasteiger partial charge in [-0.3, -0.25) is 0 Å². The van der Waals surface area contributed by atoms with Crippen LogP contribution in [0.25, 0.3) is 11.0 Å². The zero-order chi connectivity index (χ0) is 16.3. The number of aromatic nitrogens is 2. The number of hydrogen-bond donors (Lipinski definition) is 0. The topological polar surface area (TPSA) is 66.0 Å². The molecular weight excluding hydrogens is 335 g/mol. The number of aryl methyl sites for hydroxylation is 1. The quantitative estimate of drug-likeness (QED) is 0.322. The van der Waals surface area contributed by atoms with Crippen LogP contribution in [0.1, 0.15) is 12.0 Å². The van der Waals surface area contributed by atoms with E-state index in [1.807, 2.05) is 53.4 Å². The van der Waals surface area contributed by atoms with Crippen molar-refractivity contribution in [2.45, 2.75) is 19.5 Å². The van der Waals surface area contributed by atoms with E-state index in [0.717, 1.165) is 17.6 Å². The van der Waals surface area contributed by atoms with E-state index in [0.29, 0.717) is 13.0 Å². The van der Waals surface area contributed by atoms with E-state index in [4.69, 9.17) is 0 Å². The molecule has 0 saturated carbocycles. The Kier molecular flexibility index (Phi) is 6.60. The fourth-order valence-electron chi connectivity index (χ4n) is 2.74. The average molecular weight is 353 g/mol. The second kappa shape index (κ2) is 8.27. The van der Waals surface area contributed by atoms with E-state index in [1.54, 1.807) is 0 Å². The van der Waals surface area contributed by atoms with Gasteiger partial charge in [-0.15, -0.1) is 0 Å². The maximum Gasteiger partial charge on any atom is 1.00 e. The predicted molar refractivity (Wildman–Crippen MR) is 86.9 cm³/mol. The average Bonchev–Trinajstić information content (AvgIpc) is 2.86. The maximum absolute atomic E-state index is 10.8. The molecule has 3 aromatic rings. The van der Waals surface area contributed by atoms with Crippen LogP contribution in [0.5, 0.6) is 0 Å². The van der Waals surface area contributed by atoms with Gasteiger partial charge in [0.15, 0.2) is 11.0 Å². The summed E-state index contributed by atoms with van der Waals surface area (Å²) in [6.45, 7) is 1.25. The number of hydrogen-bond acceptors (Lipinski definition) is 3. The van der Waals surface area contributed by atoms with Gasteiger partial charge in [0.25, 0.3) is 0 Å². The van der Waals surface area contributed by atoms with Crippen LogP contribution in [0, 0.1) is 0 Å². The van der Waals surface area contributed by atoms with Crippen LogP contribution in [0.4, 0.5) is 0 Å². The molecule has 0 N–H and O–H groups in total. The van der Waals surface area contributed by atoms with Crippen molar-refractivity contribution in [2.75, 3.05) is 5.75 Å². The van der Waals surface area contributed by atoms with E-state index in [9.17, 15) is 13.0 Å². The summed E-state index contributed by atoms with van der Waals surface area (Å²) < 4.78 is 36.4. The van der Waals surface area contributed by atoms with Crippen molar-refractivity contribution < 1.29 is 47.1 Å². The van der Waals surface area contributed by atoms with Crippen LogP contribution in [-0.4, -0.2) is 23.3 Å². The minimum absolute atomic E-state index is 0. The van der Waals surface area contributed by atoms with Crippen molar-refractivity contribution >= 4 is 21.2 Å². The van der Waals surface area contributed by atoms with Gasteiger partial charge in [-0.2, -0.15) is 0 Å². The Bertz CT molecular complexity index is 908. The Hall–Kier alpha value is -1.18. The Morgan fingerprint density at radius 2 is 1.67 bits per heavy atom. The van der Waals surface area contributed by atoms with Gasteiger partial charge in [-0.05, 0) is 24.1 Å². The SMILES string of the molecule is O=S(=O)([O-])CCCn1c[n+](Cc2ccccc2)c2ccccc21.[Na+]. The summed E-state index contributed by atoms with van der Waals surface area (Å²) in [6, 6.07) is 18.1. The molecule has 120 valence electrons. The van der Waals surface area contributed by atoms with Crippen LogP contribution in [0.2, 0.25) is 0 Å². The normalized spacial score (nSPS) is 11.4. The summed E-state index contributed by atoms with van der Waals surface area (Å²) in [4.78, 5) is 0. The molecule has 0 amide bonds. The number of rotatable bonds is 6. The molecule has 2 aromatic carbocycles. The third-order valence-corrected chi connectivity index (χ3v) is 4.56. The molecule has 7 heteroatoms. The first-order valence-corrected chi connectivity index (χ1v) is 9.05. The van der Waals surface area contributed by atoms with Crippen molar-refractivity contribution in [2.24, 2.45) is 0 Å². The molecule has 3 rings (SSSR count). The molecule has 0 bridgehead atoms. The molecule has 0 aliphatic heterocycles. The van der Waals surface area contributed by atoms with Crippen molar-refractivity contribution in [3.63, 3.8) is 0 Å². The summed E-state index contributed by atoms with van der Waals surface area (Å²) in [5.41, 5.74) is 3.32. The molecule has 0 atom stereocenters. The standard InChI is InChI=1S/C17H18N2O3S.Na/c20-23(21,22)12-6-11-18-14-19(13-15-7-2-1-3-8-15)17-10-5-4-9-16(17)18;/h1-5,7-10,14H,6,11-13H2;/q;+1. The summed E-state index contributed by atoms with van der Waals surface area (Å²) in [5.74, 6) is -0.335. The zero-order valence-electron chi connectivity index (χ0n) is 13.6. The van der Waals surface area contributed by atoms with Gasteiger partial charge in [0.05, 0.1) is 16.7 Å². The first-order chi connectivity index (χ1) is 11.0. The maximum atomic E-state index is 10.8. The molecule has 1 aromatic heterocycles. The van der Waals surface area contributed by atoms with Crippen molar-refractivity contribution in [1.82, 2.24) is 4.57 Å². The molecule has 0 aliphatic carbocycles. The molecule has 24 heavy (non-hydrogen) atoms. The van der Waals surface area contributed by atoms with Gasteiger partial charge < -0.3 is 4.55 Å². The largest absolute Gasteiger partial charge is 1.00 e. The second-order valence-corrected chi connectivity index (χ2v) is 7.05. The first-order valence-electron chi connectivity index (χ1n) is 7.48. The number of para-hydroxylation sites is 2. The molecular formula is C17H18N2NaO3S+. The second-order valence-electron chi connectivity index (χ2n) is 5.53. The van der Waals surface area contributed by atoms with Crippen LogP contribution in [-0.2, 0) is 23.2 Å². The fourth-order valence-corrected chi connectivity index (χ4v) is 3.22. The molecule has 1 heterocycles. The van der Waals surface area contributed by atoms with Gasteiger partial charge in [0.2, 0.25) is 6.33 Å². The van der Waals surface area contributed by atoms with Gasteiger partial charge >= 0.3 is 29.6 Å². The summed E-state index contributed by atoms with van der Waals surface area (Å²) >= 11 is 0. The van der Waals surface area contributed by atoms with E-state index < -0.39 is 10.1 Å². The van der Waals surface area contributed by atoms with Crippen molar-refractivity contribution in [1.29, 1.82) is 0 Å². The fraction of sp³-hybridized carbons (Fsp3) is 0.235. The number of nitrogens with zero attached hydrogens (tertiary/aromatic N) is 2. The molecule has 5 nitrogen and oxygen atoms in total. The summed E-state index contributed by atoms with van der Waals surface area (Å²) in [6.07, 6.45) is 2.30. The van der Waals surface area contributed by atoms with E-state index in [1.165, 1.54) is 5.56 Å². The van der Waals surface area contributed by atoms with Gasteiger partial charge in [0, 0.05) is 5.75 Å². The van der Waals surface area contributed by atoms with Crippen LogP contribution in [0.15, 0.2) is 60.9 Å². The third kappa shape index (κ3) is 4.91. The Morgan fingerprint density at radius 3 is 2.38 bits per heavy atom. The molecule has 0 unspecified atom stereocenters. The minimum Gasteiger partial charge on any atom is -0.748 e. The van der Waals surface area contributed by atoms with E-state index in [2.05, 4.69) is 16.7 Å². The third-order valence-electron chi connectivity index (χ3n) is 3.77. The van der Waals surface area contributed by atoms with Crippen molar-refractivity contribution in [3.05, 3.63) is 66.5 Å². The Balaban J connectivity index is 0.00000208. The number of fused-ring (bicyclic) bond motifs is 1. The summed E-state index contributed by atoms with van der Waals surface area (Å²) in [7, 11) is -4.16. The van der Waals surface area contributed by atoms with E-state index >= 15 is 0 Å². The number of imidazole rings is 1. The minimum atomic E-state index is -4.16. The van der Waals surface area contributed by atoms with Gasteiger partial charge in [-0.25, -0.2) is 17.6 Å². The molecule has 0 radical (unpaired) electrons.